The molecule has 104 valence electrons. The average Bonchev–Trinajstić information content (AvgIpc) is 2.28. The first-order chi connectivity index (χ1) is 8.38. The van der Waals surface area contributed by atoms with Gasteiger partial charge in [-0.15, -0.1) is 0 Å². The minimum atomic E-state index is -1.83. The molecule has 0 aliphatic rings. The van der Waals surface area contributed by atoms with E-state index in [9.17, 15) is 14.4 Å². The van der Waals surface area contributed by atoms with E-state index in [-0.39, 0.29) is 6.61 Å². The van der Waals surface area contributed by atoms with Gasteiger partial charge in [0.05, 0.1) is 13.0 Å². The highest BCUT2D eigenvalue weighted by atomic mass is 16.6. The molecule has 0 heterocycles. The van der Waals surface area contributed by atoms with Gasteiger partial charge in [0.1, 0.15) is 0 Å². The molecule has 0 radical (unpaired) electrons. The summed E-state index contributed by atoms with van der Waals surface area (Å²) in [5.41, 5.74) is 0. The minimum Gasteiger partial charge on any atom is -0.479 e. The summed E-state index contributed by atoms with van der Waals surface area (Å²) >= 11 is 0. The number of esters is 2. The number of aliphatic hydroxyl groups is 1. The third-order valence-electron chi connectivity index (χ3n) is 2.03. The number of hydrogen-bond donors (Lipinski definition) is 2. The van der Waals surface area contributed by atoms with E-state index < -0.39 is 36.5 Å². The lowest BCUT2D eigenvalue weighted by molar-refractivity contribution is -0.169. The number of ether oxygens (including phenoxy) is 2. The normalized spacial score (nSPS) is 13.5. The molecular formula is C11H18O7. The minimum absolute atomic E-state index is 0.245. The van der Waals surface area contributed by atoms with Crippen molar-refractivity contribution in [2.24, 2.45) is 0 Å². The van der Waals surface area contributed by atoms with Crippen molar-refractivity contribution >= 4 is 17.9 Å². The summed E-state index contributed by atoms with van der Waals surface area (Å²) in [5, 5.41) is 17.3. The first-order valence-corrected chi connectivity index (χ1v) is 5.65. The molecule has 0 aliphatic heterocycles. The molecule has 0 aromatic heterocycles. The lowest BCUT2D eigenvalue weighted by Crippen LogP contribution is -2.30. The van der Waals surface area contributed by atoms with Crippen molar-refractivity contribution in [3.8, 4) is 0 Å². The molecule has 0 unspecified atom stereocenters. The first kappa shape index (κ1) is 16.4. The summed E-state index contributed by atoms with van der Waals surface area (Å²) < 4.78 is 9.43. The van der Waals surface area contributed by atoms with Crippen LogP contribution in [0.15, 0.2) is 0 Å². The molecule has 0 fully saturated rings. The Hall–Kier alpha value is -1.63. The van der Waals surface area contributed by atoms with Crippen molar-refractivity contribution in [3.05, 3.63) is 0 Å². The van der Waals surface area contributed by atoms with Crippen molar-refractivity contribution in [2.45, 2.75) is 45.3 Å². The zero-order valence-corrected chi connectivity index (χ0v) is 10.4. The quantitative estimate of drug-likeness (QED) is 0.471. The molecule has 0 spiro atoms. The first-order valence-electron chi connectivity index (χ1n) is 5.65. The second-order valence-corrected chi connectivity index (χ2v) is 3.71. The smallest absolute Gasteiger partial charge is 0.347 e. The maximum absolute atomic E-state index is 11.3. The molecular weight excluding hydrogens is 244 g/mol. The van der Waals surface area contributed by atoms with E-state index in [1.54, 1.807) is 0 Å². The van der Waals surface area contributed by atoms with Crippen LogP contribution in [0.25, 0.3) is 0 Å². The van der Waals surface area contributed by atoms with Gasteiger partial charge in [0.15, 0.2) is 12.2 Å². The highest BCUT2D eigenvalue weighted by Crippen LogP contribution is 2.02. The van der Waals surface area contributed by atoms with Crippen LogP contribution >= 0.6 is 0 Å². The Morgan fingerprint density at radius 2 is 1.89 bits per heavy atom. The molecule has 0 bridgehead atoms. The molecule has 0 rings (SSSR count). The van der Waals surface area contributed by atoms with E-state index >= 15 is 0 Å². The molecule has 7 nitrogen and oxygen atoms in total. The van der Waals surface area contributed by atoms with Crippen LogP contribution in [0.1, 0.15) is 33.1 Å². The highest BCUT2D eigenvalue weighted by molar-refractivity contribution is 5.82. The third-order valence-corrected chi connectivity index (χ3v) is 2.03. The summed E-state index contributed by atoms with van der Waals surface area (Å²) in [4.78, 5) is 32.7. The predicted molar refractivity (Wildman–Crippen MR) is 59.7 cm³/mol. The van der Waals surface area contributed by atoms with E-state index in [1.807, 2.05) is 6.92 Å². The van der Waals surface area contributed by atoms with Gasteiger partial charge in [-0.3, -0.25) is 4.79 Å². The molecule has 0 saturated heterocycles. The lowest BCUT2D eigenvalue weighted by Gasteiger charge is -2.13. The summed E-state index contributed by atoms with van der Waals surface area (Å²) in [7, 11) is 0. The zero-order valence-electron chi connectivity index (χ0n) is 10.4. The number of carboxylic acid groups (broad SMARTS) is 1. The number of hydrogen-bond acceptors (Lipinski definition) is 6. The van der Waals surface area contributed by atoms with Gasteiger partial charge in [-0.25, -0.2) is 9.59 Å². The predicted octanol–water partition coefficient (Wildman–Crippen LogP) is 0.0970. The van der Waals surface area contributed by atoms with Crippen LogP contribution in [-0.4, -0.2) is 46.9 Å². The van der Waals surface area contributed by atoms with E-state index in [0.717, 1.165) is 6.42 Å². The maximum Gasteiger partial charge on any atom is 0.347 e. The van der Waals surface area contributed by atoms with Crippen LogP contribution < -0.4 is 0 Å². The Morgan fingerprint density at radius 1 is 1.28 bits per heavy atom. The third kappa shape index (κ3) is 6.85. The maximum atomic E-state index is 11.3. The highest BCUT2D eigenvalue weighted by Gasteiger charge is 2.23. The van der Waals surface area contributed by atoms with Crippen molar-refractivity contribution in [3.63, 3.8) is 0 Å². The zero-order chi connectivity index (χ0) is 14.1. The Morgan fingerprint density at radius 3 is 2.39 bits per heavy atom. The molecule has 0 aromatic rings. The van der Waals surface area contributed by atoms with E-state index in [4.69, 9.17) is 14.9 Å². The number of carbonyl (C=O) groups is 3. The summed E-state index contributed by atoms with van der Waals surface area (Å²) in [5.74, 6) is -3.18. The van der Waals surface area contributed by atoms with Crippen LogP contribution in [0.3, 0.4) is 0 Å². The number of unbranched alkanes of at least 4 members (excludes halogenated alkanes) is 1. The lowest BCUT2D eigenvalue weighted by atomic mass is 10.2. The summed E-state index contributed by atoms with van der Waals surface area (Å²) in [6.07, 6.45) is -2.07. The van der Waals surface area contributed by atoms with Gasteiger partial charge in [0, 0.05) is 0 Å². The number of carboxylic acids is 1. The van der Waals surface area contributed by atoms with Crippen LogP contribution in [-0.2, 0) is 23.9 Å². The molecule has 2 N–H and O–H groups in total. The van der Waals surface area contributed by atoms with Gasteiger partial charge in [-0.1, -0.05) is 13.3 Å². The fourth-order valence-corrected chi connectivity index (χ4v) is 0.973. The van der Waals surface area contributed by atoms with Crippen molar-refractivity contribution in [1.82, 2.24) is 0 Å². The Balaban J connectivity index is 3.99. The average molecular weight is 262 g/mol. The topological polar surface area (TPSA) is 110 Å². The van der Waals surface area contributed by atoms with Crippen molar-refractivity contribution in [2.75, 3.05) is 6.61 Å². The molecule has 7 heteroatoms. The van der Waals surface area contributed by atoms with Crippen molar-refractivity contribution < 1.29 is 34.1 Å². The van der Waals surface area contributed by atoms with Gasteiger partial charge in [-0.2, -0.15) is 0 Å². The number of aliphatic hydroxyl groups excluding tert-OH is 1. The number of rotatable bonds is 8. The van der Waals surface area contributed by atoms with Crippen LogP contribution in [0, 0.1) is 0 Å². The van der Waals surface area contributed by atoms with Crippen LogP contribution in [0.5, 0.6) is 0 Å². The second kappa shape index (κ2) is 8.46. The number of aliphatic carboxylic acids is 1. The molecule has 0 aromatic carbocycles. The molecule has 18 heavy (non-hydrogen) atoms. The summed E-state index contributed by atoms with van der Waals surface area (Å²) in [6, 6.07) is 0. The largest absolute Gasteiger partial charge is 0.479 e. The Labute approximate surface area is 105 Å². The van der Waals surface area contributed by atoms with Gasteiger partial charge in [0.25, 0.3) is 0 Å². The van der Waals surface area contributed by atoms with Crippen LogP contribution in [0.4, 0.5) is 0 Å². The SMILES string of the molecule is CCCCOC(=O)[C@H](C)OC(=O)C[C@H](O)C(=O)O. The molecule has 0 amide bonds. The van der Waals surface area contributed by atoms with E-state index in [0.29, 0.717) is 6.42 Å². The second-order valence-electron chi connectivity index (χ2n) is 3.71. The summed E-state index contributed by atoms with van der Waals surface area (Å²) in [6.45, 7) is 3.50. The molecule has 2 atom stereocenters. The van der Waals surface area contributed by atoms with Gasteiger partial charge >= 0.3 is 17.9 Å². The fourth-order valence-electron chi connectivity index (χ4n) is 0.973. The molecule has 0 saturated carbocycles. The van der Waals surface area contributed by atoms with E-state index in [2.05, 4.69) is 4.74 Å². The monoisotopic (exact) mass is 262 g/mol. The van der Waals surface area contributed by atoms with Gasteiger partial charge in [0.2, 0.25) is 0 Å². The standard InChI is InChI=1S/C11H18O7/c1-3-4-5-17-11(16)7(2)18-9(13)6-8(12)10(14)15/h7-8,12H,3-6H2,1-2H3,(H,14,15)/t7-,8-/m0/s1. The Kier molecular flexibility index (Phi) is 7.69. The van der Waals surface area contributed by atoms with Crippen molar-refractivity contribution in [1.29, 1.82) is 0 Å². The Bertz CT molecular complexity index is 300. The van der Waals surface area contributed by atoms with Gasteiger partial charge in [-0.05, 0) is 13.3 Å². The number of carbonyl (C=O) groups excluding carboxylic acids is 2. The van der Waals surface area contributed by atoms with Gasteiger partial charge < -0.3 is 19.7 Å². The van der Waals surface area contributed by atoms with Crippen LogP contribution in [0.2, 0.25) is 0 Å². The molecule has 0 aliphatic carbocycles. The fraction of sp³-hybridized carbons (Fsp3) is 0.727. The van der Waals surface area contributed by atoms with E-state index in [1.165, 1.54) is 6.92 Å².